The number of carbonyl (C=O) groups is 3. The zero-order valence-electron chi connectivity index (χ0n) is 18.9. The minimum atomic E-state index is -0.722. The molecule has 0 atom stereocenters. The number of piperidine rings is 1. The maximum absolute atomic E-state index is 13.8. The van der Waals surface area contributed by atoms with Crippen LogP contribution in [0.15, 0.2) is 60.7 Å². The Morgan fingerprint density at radius 3 is 2.03 bits per heavy atom. The highest BCUT2D eigenvalue weighted by Gasteiger charge is 2.54. The fourth-order valence-electron chi connectivity index (χ4n) is 5.40. The molecule has 7 nitrogen and oxygen atoms in total. The normalized spacial score (nSPS) is 20.1. The second-order valence-corrected chi connectivity index (χ2v) is 9.19. The van der Waals surface area contributed by atoms with Gasteiger partial charge in [0.25, 0.3) is 11.8 Å². The summed E-state index contributed by atoms with van der Waals surface area (Å²) in [6.45, 7) is 3.11. The predicted octanol–water partition coefficient (Wildman–Crippen LogP) is 2.59. The number of likely N-dealkylation sites (tertiary alicyclic amines) is 2. The van der Waals surface area contributed by atoms with Crippen LogP contribution in [0.3, 0.4) is 0 Å². The number of carbonyl (C=O) groups excluding carboxylic acids is 3. The molecule has 2 aromatic carbocycles. The van der Waals surface area contributed by atoms with Gasteiger partial charge in [-0.2, -0.15) is 0 Å². The third kappa shape index (κ3) is 3.96. The lowest BCUT2D eigenvalue weighted by Gasteiger charge is -2.43. The molecule has 33 heavy (non-hydrogen) atoms. The third-order valence-corrected chi connectivity index (χ3v) is 7.27. The van der Waals surface area contributed by atoms with E-state index in [4.69, 9.17) is 0 Å². The van der Waals surface area contributed by atoms with Crippen molar-refractivity contribution >= 4 is 23.4 Å². The Kier molecular flexibility index (Phi) is 5.79. The molecule has 3 heterocycles. The van der Waals surface area contributed by atoms with Gasteiger partial charge in [0.2, 0.25) is 5.91 Å². The Hall–Kier alpha value is -3.35. The largest absolute Gasteiger partial charge is 0.341 e. The van der Waals surface area contributed by atoms with Crippen molar-refractivity contribution in [1.29, 1.82) is 0 Å². The molecule has 5 rings (SSSR count). The number of hydrogen-bond acceptors (Lipinski definition) is 4. The van der Waals surface area contributed by atoms with E-state index in [-0.39, 0.29) is 24.3 Å². The first-order valence-electron chi connectivity index (χ1n) is 11.8. The molecule has 0 unspecified atom stereocenters. The first-order valence-corrected chi connectivity index (χ1v) is 11.8. The number of rotatable bonds is 4. The average molecular weight is 447 g/mol. The van der Waals surface area contributed by atoms with Crippen LogP contribution in [0.5, 0.6) is 0 Å². The molecular formula is C26H30N4O3. The Bertz CT molecular complexity index is 1010. The van der Waals surface area contributed by atoms with Crippen molar-refractivity contribution in [3.63, 3.8) is 0 Å². The molecule has 3 aliphatic heterocycles. The molecule has 3 saturated heterocycles. The van der Waals surface area contributed by atoms with Crippen LogP contribution in [0.25, 0.3) is 0 Å². The molecule has 3 fully saturated rings. The molecule has 3 amide bonds. The second-order valence-electron chi connectivity index (χ2n) is 9.19. The lowest BCUT2D eigenvalue weighted by Crippen LogP contribution is -2.57. The van der Waals surface area contributed by atoms with Gasteiger partial charge in [0.05, 0.1) is 6.67 Å². The van der Waals surface area contributed by atoms with Gasteiger partial charge in [-0.15, -0.1) is 0 Å². The standard InChI is InChI=1S/C26H30N4O3/c31-23(27-15-7-8-16-27)19-29-20-30(22-11-5-2-6-12-22)26(25(29)33)13-17-28(18-14-26)24(32)21-9-3-1-4-10-21/h1-6,9-12H,7-8,13-20H2. The third-order valence-electron chi connectivity index (χ3n) is 7.27. The van der Waals surface area contributed by atoms with Gasteiger partial charge in [-0.05, 0) is 49.9 Å². The van der Waals surface area contributed by atoms with E-state index >= 15 is 0 Å². The van der Waals surface area contributed by atoms with Crippen molar-refractivity contribution in [2.24, 2.45) is 0 Å². The summed E-state index contributed by atoms with van der Waals surface area (Å²) in [5, 5.41) is 0. The summed E-state index contributed by atoms with van der Waals surface area (Å²) in [6.07, 6.45) is 3.16. The molecule has 0 N–H and O–H groups in total. The monoisotopic (exact) mass is 446 g/mol. The predicted molar refractivity (Wildman–Crippen MR) is 126 cm³/mol. The van der Waals surface area contributed by atoms with Crippen molar-refractivity contribution in [1.82, 2.24) is 14.7 Å². The number of hydrogen-bond donors (Lipinski definition) is 0. The van der Waals surface area contributed by atoms with Gasteiger partial charge < -0.3 is 19.6 Å². The minimum Gasteiger partial charge on any atom is -0.341 e. The summed E-state index contributed by atoms with van der Waals surface area (Å²) in [5.74, 6) is 0.0385. The van der Waals surface area contributed by atoms with Crippen LogP contribution in [0, 0.1) is 0 Å². The molecule has 172 valence electrons. The minimum absolute atomic E-state index is 0.00299. The molecule has 1 spiro atoms. The van der Waals surface area contributed by atoms with E-state index in [2.05, 4.69) is 4.90 Å². The van der Waals surface area contributed by atoms with E-state index in [0.29, 0.717) is 38.2 Å². The molecule has 0 saturated carbocycles. The molecular weight excluding hydrogens is 416 g/mol. The van der Waals surface area contributed by atoms with E-state index in [9.17, 15) is 14.4 Å². The molecule has 7 heteroatoms. The Balaban J connectivity index is 1.36. The summed E-state index contributed by atoms with van der Waals surface area (Å²) in [5.41, 5.74) is 0.925. The van der Waals surface area contributed by atoms with Crippen LogP contribution in [0.1, 0.15) is 36.0 Å². The van der Waals surface area contributed by atoms with Gasteiger partial charge >= 0.3 is 0 Å². The van der Waals surface area contributed by atoms with Crippen LogP contribution in [0.2, 0.25) is 0 Å². The van der Waals surface area contributed by atoms with Gasteiger partial charge in [0.1, 0.15) is 12.1 Å². The molecule has 3 aliphatic rings. The topological polar surface area (TPSA) is 64.2 Å². The quantitative estimate of drug-likeness (QED) is 0.724. The molecule has 0 bridgehead atoms. The van der Waals surface area contributed by atoms with Gasteiger partial charge in [-0.1, -0.05) is 36.4 Å². The van der Waals surface area contributed by atoms with Crippen LogP contribution in [-0.2, 0) is 9.59 Å². The number of amides is 3. The van der Waals surface area contributed by atoms with Crippen LogP contribution >= 0.6 is 0 Å². The van der Waals surface area contributed by atoms with Crippen LogP contribution < -0.4 is 4.90 Å². The first kappa shape index (κ1) is 21.5. The van der Waals surface area contributed by atoms with Crippen LogP contribution in [0.4, 0.5) is 5.69 Å². The highest BCUT2D eigenvalue weighted by Crippen LogP contribution is 2.39. The van der Waals surface area contributed by atoms with Crippen molar-refractivity contribution in [2.45, 2.75) is 31.2 Å². The summed E-state index contributed by atoms with van der Waals surface area (Å²) >= 11 is 0. The zero-order valence-corrected chi connectivity index (χ0v) is 18.9. The zero-order chi connectivity index (χ0) is 22.8. The van der Waals surface area contributed by atoms with Crippen LogP contribution in [-0.4, -0.2) is 77.4 Å². The number of anilines is 1. The number of para-hydroxylation sites is 1. The fraction of sp³-hybridized carbons (Fsp3) is 0.423. The van der Waals surface area contributed by atoms with Gasteiger partial charge in [-0.3, -0.25) is 14.4 Å². The highest BCUT2D eigenvalue weighted by molar-refractivity contribution is 5.97. The lowest BCUT2D eigenvalue weighted by molar-refractivity contribution is -0.140. The summed E-state index contributed by atoms with van der Waals surface area (Å²) in [7, 11) is 0. The molecule has 2 aromatic rings. The van der Waals surface area contributed by atoms with E-state index in [1.807, 2.05) is 70.5 Å². The maximum Gasteiger partial charge on any atom is 0.253 e. The summed E-state index contributed by atoms with van der Waals surface area (Å²) in [6, 6.07) is 19.2. The van der Waals surface area contributed by atoms with Gasteiger partial charge in [-0.25, -0.2) is 0 Å². The van der Waals surface area contributed by atoms with Gasteiger partial charge in [0, 0.05) is 37.4 Å². The SMILES string of the molecule is O=C(CN1CN(c2ccccc2)C2(CCN(C(=O)c3ccccc3)CC2)C1=O)N1CCCC1. The average Bonchev–Trinajstić information content (AvgIpc) is 3.49. The summed E-state index contributed by atoms with van der Waals surface area (Å²) in [4.78, 5) is 47.1. The Morgan fingerprint density at radius 2 is 1.39 bits per heavy atom. The van der Waals surface area contributed by atoms with E-state index < -0.39 is 5.54 Å². The Labute approximate surface area is 194 Å². The second kappa shape index (κ2) is 8.89. The van der Waals surface area contributed by atoms with Crippen molar-refractivity contribution in [2.75, 3.05) is 44.3 Å². The van der Waals surface area contributed by atoms with E-state index in [0.717, 1.165) is 31.6 Å². The summed E-state index contributed by atoms with van der Waals surface area (Å²) < 4.78 is 0. The maximum atomic E-state index is 13.8. The Morgan fingerprint density at radius 1 is 0.788 bits per heavy atom. The van der Waals surface area contributed by atoms with Crippen molar-refractivity contribution < 1.29 is 14.4 Å². The molecule has 0 aromatic heterocycles. The fourth-order valence-corrected chi connectivity index (χ4v) is 5.40. The van der Waals surface area contributed by atoms with Crippen molar-refractivity contribution in [3.05, 3.63) is 66.2 Å². The number of nitrogens with zero attached hydrogens (tertiary/aromatic N) is 4. The number of benzene rings is 2. The first-order chi connectivity index (χ1) is 16.1. The molecule has 0 radical (unpaired) electrons. The van der Waals surface area contributed by atoms with E-state index in [1.54, 1.807) is 4.90 Å². The highest BCUT2D eigenvalue weighted by atomic mass is 16.2. The van der Waals surface area contributed by atoms with Crippen molar-refractivity contribution in [3.8, 4) is 0 Å². The van der Waals surface area contributed by atoms with E-state index in [1.165, 1.54) is 0 Å². The van der Waals surface area contributed by atoms with Gasteiger partial charge in [0.15, 0.2) is 0 Å². The smallest absolute Gasteiger partial charge is 0.253 e. The lowest BCUT2D eigenvalue weighted by atomic mass is 9.85. The molecule has 0 aliphatic carbocycles.